The molecule has 1 unspecified atom stereocenters. The fourth-order valence-electron chi connectivity index (χ4n) is 4.27. The van der Waals surface area contributed by atoms with Crippen molar-refractivity contribution in [1.29, 1.82) is 0 Å². The van der Waals surface area contributed by atoms with Gasteiger partial charge in [0.1, 0.15) is 0 Å². The largest absolute Gasteiger partial charge is 0.342 e. The highest BCUT2D eigenvalue weighted by Gasteiger charge is 2.28. The van der Waals surface area contributed by atoms with E-state index in [4.69, 9.17) is 16.6 Å². The van der Waals surface area contributed by atoms with Crippen molar-refractivity contribution in [3.63, 3.8) is 0 Å². The van der Waals surface area contributed by atoms with Crippen LogP contribution in [-0.4, -0.2) is 28.9 Å². The number of carbonyl (C=O) groups is 1. The minimum absolute atomic E-state index is 0.161. The molecule has 2 aromatic rings. The third kappa shape index (κ3) is 3.05. The van der Waals surface area contributed by atoms with Crippen molar-refractivity contribution in [3.05, 3.63) is 69.5 Å². The first-order valence-corrected chi connectivity index (χ1v) is 9.64. The van der Waals surface area contributed by atoms with Crippen molar-refractivity contribution in [2.24, 2.45) is 0 Å². The normalized spacial score (nSPS) is 19.7. The van der Waals surface area contributed by atoms with Crippen LogP contribution >= 0.6 is 11.6 Å². The fourth-order valence-corrected chi connectivity index (χ4v) is 4.46. The summed E-state index contributed by atoms with van der Waals surface area (Å²) in [6.07, 6.45) is 4.66. The number of hydrogen-bond donors (Lipinski definition) is 0. The second kappa shape index (κ2) is 6.88. The highest BCUT2D eigenvalue weighted by atomic mass is 35.5. The SMILES string of the molecule is CC(=O)N1CCC(=C2c3ccc(Cl)cc3CC(C)c3cccnc32)CC1. The molecule has 0 bridgehead atoms. The zero-order chi connectivity index (χ0) is 18.3. The van der Waals surface area contributed by atoms with Crippen LogP contribution in [0.2, 0.25) is 5.02 Å². The molecular formula is C22H23ClN2O. The molecule has 4 heteroatoms. The average molecular weight is 367 g/mol. The van der Waals surface area contributed by atoms with Crippen LogP contribution in [0.3, 0.4) is 0 Å². The smallest absolute Gasteiger partial charge is 0.219 e. The van der Waals surface area contributed by atoms with Crippen LogP contribution in [0, 0.1) is 0 Å². The van der Waals surface area contributed by atoms with Gasteiger partial charge in [-0.25, -0.2) is 0 Å². The monoisotopic (exact) mass is 366 g/mol. The van der Waals surface area contributed by atoms with Crippen molar-refractivity contribution >= 4 is 23.1 Å². The van der Waals surface area contributed by atoms with Crippen LogP contribution in [0.25, 0.3) is 5.57 Å². The molecule has 1 aromatic carbocycles. The molecule has 1 amide bonds. The lowest BCUT2D eigenvalue weighted by atomic mass is 9.88. The molecule has 1 aromatic heterocycles. The lowest BCUT2D eigenvalue weighted by Gasteiger charge is -2.29. The van der Waals surface area contributed by atoms with Crippen LogP contribution in [-0.2, 0) is 11.2 Å². The maximum Gasteiger partial charge on any atom is 0.219 e. The zero-order valence-corrected chi connectivity index (χ0v) is 16.0. The lowest BCUT2D eigenvalue weighted by Crippen LogP contribution is -2.34. The molecule has 2 aliphatic rings. The minimum atomic E-state index is 0.161. The Kier molecular flexibility index (Phi) is 4.58. The van der Waals surface area contributed by atoms with Gasteiger partial charge in [0.15, 0.2) is 0 Å². The number of halogens is 1. The van der Waals surface area contributed by atoms with Crippen molar-refractivity contribution in [2.45, 2.75) is 39.0 Å². The number of amides is 1. The number of piperidine rings is 1. The maximum atomic E-state index is 11.7. The van der Waals surface area contributed by atoms with Gasteiger partial charge in [0.05, 0.1) is 5.69 Å². The van der Waals surface area contributed by atoms with Gasteiger partial charge in [0, 0.05) is 36.8 Å². The van der Waals surface area contributed by atoms with E-state index in [1.165, 1.54) is 27.8 Å². The molecule has 1 saturated heterocycles. The van der Waals surface area contributed by atoms with E-state index in [1.54, 1.807) is 6.92 Å². The van der Waals surface area contributed by atoms with E-state index in [0.29, 0.717) is 5.92 Å². The summed E-state index contributed by atoms with van der Waals surface area (Å²) in [6.45, 7) is 5.49. The molecule has 0 spiro atoms. The predicted molar refractivity (Wildman–Crippen MR) is 105 cm³/mol. The maximum absolute atomic E-state index is 11.7. The zero-order valence-electron chi connectivity index (χ0n) is 15.3. The highest BCUT2D eigenvalue weighted by molar-refractivity contribution is 6.30. The van der Waals surface area contributed by atoms with Gasteiger partial charge >= 0.3 is 0 Å². The number of carbonyl (C=O) groups excluding carboxylic acids is 1. The minimum Gasteiger partial charge on any atom is -0.342 e. The summed E-state index contributed by atoms with van der Waals surface area (Å²) in [5, 5.41) is 0.783. The van der Waals surface area contributed by atoms with E-state index in [0.717, 1.165) is 43.1 Å². The standard InChI is InChI=1S/C22H23ClN2O/c1-14-12-17-13-18(23)5-6-20(17)21(22-19(14)4-3-9-24-22)16-7-10-25(11-8-16)15(2)26/h3-6,9,13-14H,7-8,10-12H2,1-2H3. The van der Waals surface area contributed by atoms with Crippen LogP contribution in [0.1, 0.15) is 55.0 Å². The summed E-state index contributed by atoms with van der Waals surface area (Å²) in [5.74, 6) is 0.556. The van der Waals surface area contributed by atoms with E-state index in [-0.39, 0.29) is 5.91 Å². The Morgan fingerprint density at radius 1 is 1.23 bits per heavy atom. The van der Waals surface area contributed by atoms with Crippen LogP contribution in [0.15, 0.2) is 42.1 Å². The number of aromatic nitrogens is 1. The van der Waals surface area contributed by atoms with Gasteiger partial charge in [-0.2, -0.15) is 0 Å². The predicted octanol–water partition coefficient (Wildman–Crippen LogP) is 4.84. The summed E-state index contributed by atoms with van der Waals surface area (Å²) >= 11 is 6.30. The first kappa shape index (κ1) is 17.3. The number of benzene rings is 1. The molecule has 0 saturated carbocycles. The Hall–Kier alpha value is -2.13. The quantitative estimate of drug-likeness (QED) is 0.668. The van der Waals surface area contributed by atoms with Crippen molar-refractivity contribution in [1.82, 2.24) is 9.88 Å². The molecule has 1 atom stereocenters. The molecule has 2 heterocycles. The Morgan fingerprint density at radius 2 is 2.00 bits per heavy atom. The number of rotatable bonds is 0. The highest BCUT2D eigenvalue weighted by Crippen LogP contribution is 2.41. The average Bonchev–Trinajstić information content (AvgIpc) is 2.76. The van der Waals surface area contributed by atoms with Gasteiger partial charge < -0.3 is 4.90 Å². The second-order valence-electron chi connectivity index (χ2n) is 7.33. The number of likely N-dealkylation sites (tertiary alicyclic amines) is 1. The third-order valence-corrected chi connectivity index (χ3v) is 5.87. The molecule has 134 valence electrons. The molecule has 1 fully saturated rings. The van der Waals surface area contributed by atoms with Crippen molar-refractivity contribution in [2.75, 3.05) is 13.1 Å². The third-order valence-electron chi connectivity index (χ3n) is 5.64. The van der Waals surface area contributed by atoms with Crippen LogP contribution in [0.5, 0.6) is 0 Å². The van der Waals surface area contributed by atoms with Gasteiger partial charge in [-0.15, -0.1) is 0 Å². The topological polar surface area (TPSA) is 33.2 Å². The molecule has 1 aliphatic heterocycles. The van der Waals surface area contributed by atoms with E-state index in [1.807, 2.05) is 23.2 Å². The summed E-state index contributed by atoms with van der Waals surface area (Å²) in [4.78, 5) is 18.4. The number of pyridine rings is 1. The van der Waals surface area contributed by atoms with Crippen LogP contribution < -0.4 is 0 Å². The molecule has 0 N–H and O–H groups in total. The first-order chi connectivity index (χ1) is 12.5. The van der Waals surface area contributed by atoms with Gasteiger partial charge in [-0.3, -0.25) is 9.78 Å². The second-order valence-corrected chi connectivity index (χ2v) is 7.77. The summed E-state index contributed by atoms with van der Waals surface area (Å²) in [6, 6.07) is 10.5. The van der Waals surface area contributed by atoms with Crippen molar-refractivity contribution in [3.8, 4) is 0 Å². The lowest BCUT2D eigenvalue weighted by molar-refractivity contribution is -0.129. The number of nitrogens with zero attached hydrogens (tertiary/aromatic N) is 2. The summed E-state index contributed by atoms with van der Waals surface area (Å²) in [5.41, 5.74) is 7.62. The fraction of sp³-hybridized carbons (Fsp3) is 0.364. The van der Waals surface area contributed by atoms with E-state index >= 15 is 0 Å². The Labute approximate surface area is 159 Å². The number of fused-ring (bicyclic) bond motifs is 2. The van der Waals surface area contributed by atoms with E-state index in [2.05, 4.69) is 25.1 Å². The Morgan fingerprint density at radius 3 is 2.73 bits per heavy atom. The molecule has 26 heavy (non-hydrogen) atoms. The van der Waals surface area contributed by atoms with Gasteiger partial charge in [-0.05, 0) is 60.1 Å². The van der Waals surface area contributed by atoms with Gasteiger partial charge in [-0.1, -0.05) is 36.2 Å². The Bertz CT molecular complexity index is 893. The van der Waals surface area contributed by atoms with Crippen LogP contribution in [0.4, 0.5) is 0 Å². The molecule has 1 aliphatic carbocycles. The van der Waals surface area contributed by atoms with E-state index in [9.17, 15) is 4.79 Å². The Balaban J connectivity index is 1.89. The first-order valence-electron chi connectivity index (χ1n) is 9.26. The van der Waals surface area contributed by atoms with Gasteiger partial charge in [0.2, 0.25) is 5.91 Å². The van der Waals surface area contributed by atoms with Crippen molar-refractivity contribution < 1.29 is 4.79 Å². The molecule has 0 radical (unpaired) electrons. The molecular weight excluding hydrogens is 344 g/mol. The number of hydrogen-bond acceptors (Lipinski definition) is 2. The summed E-state index contributed by atoms with van der Waals surface area (Å²) < 4.78 is 0. The summed E-state index contributed by atoms with van der Waals surface area (Å²) in [7, 11) is 0. The van der Waals surface area contributed by atoms with Gasteiger partial charge in [0.25, 0.3) is 0 Å². The molecule has 3 nitrogen and oxygen atoms in total. The van der Waals surface area contributed by atoms with E-state index < -0.39 is 0 Å². The molecule has 4 rings (SSSR count).